The second-order valence-corrected chi connectivity index (χ2v) is 5.57. The number of piperidine rings is 1. The van der Waals surface area contributed by atoms with Crippen molar-refractivity contribution in [2.75, 3.05) is 0 Å². The van der Waals surface area contributed by atoms with Gasteiger partial charge in [-0.05, 0) is 17.7 Å². The number of nitrogens with one attached hydrogen (secondary N) is 1. The Hall–Kier alpha value is -2.08. The minimum Gasteiger partial charge on any atom is -0.293 e. The molecule has 5 nitrogen and oxygen atoms in total. The van der Waals surface area contributed by atoms with Gasteiger partial charge in [-0.2, -0.15) is 10.5 Å². The molecule has 98 valence electrons. The van der Waals surface area contributed by atoms with Crippen molar-refractivity contribution in [1.29, 1.82) is 10.5 Å². The van der Waals surface area contributed by atoms with Crippen LogP contribution >= 0.6 is 23.2 Å². The van der Waals surface area contributed by atoms with Gasteiger partial charge >= 0.3 is 0 Å². The topological polar surface area (TPSA) is 93.8 Å². The number of hydrogen-bond donors (Lipinski definition) is 1. The molecule has 0 aromatic heterocycles. The number of amides is 2. The zero-order valence-corrected chi connectivity index (χ0v) is 11.3. The highest BCUT2D eigenvalue weighted by Gasteiger charge is 2.91. The number of imide groups is 1. The number of hydrogen-bond acceptors (Lipinski definition) is 4. The van der Waals surface area contributed by atoms with Crippen LogP contribution in [0.3, 0.4) is 0 Å². The van der Waals surface area contributed by atoms with E-state index in [0.717, 1.165) is 0 Å². The Balaban J connectivity index is 2.23. The maximum absolute atomic E-state index is 11.9. The van der Waals surface area contributed by atoms with Crippen molar-refractivity contribution in [2.45, 2.75) is 5.92 Å². The highest BCUT2D eigenvalue weighted by atomic mass is 35.5. The van der Waals surface area contributed by atoms with Gasteiger partial charge in [-0.15, -0.1) is 0 Å². The van der Waals surface area contributed by atoms with Gasteiger partial charge in [0.2, 0.25) is 11.8 Å². The first kappa shape index (κ1) is 12.9. The van der Waals surface area contributed by atoms with Crippen LogP contribution in [0.1, 0.15) is 11.5 Å². The summed E-state index contributed by atoms with van der Waals surface area (Å²) in [4.78, 5) is 23.9. The van der Waals surface area contributed by atoms with Crippen LogP contribution in [0.4, 0.5) is 0 Å². The van der Waals surface area contributed by atoms with Crippen LogP contribution in [0.5, 0.6) is 0 Å². The van der Waals surface area contributed by atoms with Crippen LogP contribution in [-0.2, 0) is 9.59 Å². The van der Waals surface area contributed by atoms with E-state index in [4.69, 9.17) is 23.2 Å². The van der Waals surface area contributed by atoms with Crippen molar-refractivity contribution in [1.82, 2.24) is 5.32 Å². The fraction of sp³-hybridized carbons (Fsp3) is 0.231. The molecule has 1 saturated heterocycles. The van der Waals surface area contributed by atoms with Gasteiger partial charge in [-0.25, -0.2) is 0 Å². The zero-order chi connectivity index (χ0) is 14.7. The van der Waals surface area contributed by atoms with E-state index in [0.29, 0.717) is 10.6 Å². The molecule has 0 spiro atoms. The average Bonchev–Trinajstić information content (AvgIpc) is 2.95. The number of halogens is 2. The average molecular weight is 306 g/mol. The van der Waals surface area contributed by atoms with Gasteiger partial charge in [0.05, 0.1) is 12.1 Å². The number of carbonyl (C=O) groups is 2. The minimum absolute atomic E-state index is 0.224. The normalized spacial score (nSPS) is 33.9. The summed E-state index contributed by atoms with van der Waals surface area (Å²) in [6, 6.07) is 8.18. The van der Waals surface area contributed by atoms with Crippen molar-refractivity contribution in [3.63, 3.8) is 0 Å². The third-order valence-corrected chi connectivity index (χ3v) is 4.54. The van der Waals surface area contributed by atoms with E-state index in [9.17, 15) is 20.1 Å². The smallest absolute Gasteiger partial charge is 0.250 e. The molecule has 1 saturated carbocycles. The molecule has 1 aromatic rings. The number of benzene rings is 1. The Labute approximate surface area is 123 Å². The summed E-state index contributed by atoms with van der Waals surface area (Å²) >= 11 is 11.9. The van der Waals surface area contributed by atoms with E-state index < -0.39 is 28.6 Å². The molecule has 1 N–H and O–H groups in total. The summed E-state index contributed by atoms with van der Waals surface area (Å²) in [5, 5.41) is 21.3. The molecule has 2 fully saturated rings. The third-order valence-electron chi connectivity index (χ3n) is 3.97. The molecule has 0 radical (unpaired) electrons. The monoisotopic (exact) mass is 305 g/mol. The molecule has 7 heteroatoms. The number of nitriles is 2. The quantitative estimate of drug-likeness (QED) is 0.800. The van der Waals surface area contributed by atoms with Gasteiger partial charge in [-0.1, -0.05) is 29.3 Å². The summed E-state index contributed by atoms with van der Waals surface area (Å²) in [5.74, 6) is -2.36. The first-order chi connectivity index (χ1) is 9.45. The largest absolute Gasteiger partial charge is 0.293 e. The van der Waals surface area contributed by atoms with Gasteiger partial charge in [-0.3, -0.25) is 14.9 Å². The number of nitrogens with zero attached hydrogens (tertiary/aromatic N) is 2. The van der Waals surface area contributed by atoms with Gasteiger partial charge in [0, 0.05) is 16.0 Å². The van der Waals surface area contributed by atoms with E-state index in [1.807, 2.05) is 17.5 Å². The molecule has 20 heavy (non-hydrogen) atoms. The summed E-state index contributed by atoms with van der Waals surface area (Å²) in [6.45, 7) is 0. The SMILES string of the molecule is N#C[C@@]12C(=O)NC(=O)[C@]1(C#N)C2c1ccc(Cl)cc1Cl. The van der Waals surface area contributed by atoms with Crippen LogP contribution in [0.2, 0.25) is 10.0 Å². The highest BCUT2D eigenvalue weighted by Crippen LogP contribution is 2.77. The van der Waals surface area contributed by atoms with Gasteiger partial charge in [0.25, 0.3) is 0 Å². The predicted molar refractivity (Wildman–Crippen MR) is 68.4 cm³/mol. The fourth-order valence-corrected chi connectivity index (χ4v) is 3.52. The Morgan fingerprint density at radius 3 is 2.10 bits per heavy atom. The van der Waals surface area contributed by atoms with E-state index in [2.05, 4.69) is 0 Å². The Bertz CT molecular complexity index is 726. The number of carbonyl (C=O) groups excluding carboxylic acids is 2. The first-order valence-corrected chi connectivity index (χ1v) is 6.34. The number of fused-ring (bicyclic) bond motifs is 1. The third kappa shape index (κ3) is 1.13. The van der Waals surface area contributed by atoms with Crippen LogP contribution < -0.4 is 5.32 Å². The zero-order valence-electron chi connectivity index (χ0n) is 9.78. The van der Waals surface area contributed by atoms with E-state index in [-0.39, 0.29) is 5.02 Å². The number of rotatable bonds is 1. The van der Waals surface area contributed by atoms with Crippen LogP contribution in [0, 0.1) is 33.5 Å². The van der Waals surface area contributed by atoms with Crippen molar-refractivity contribution >= 4 is 35.0 Å². The molecule has 0 bridgehead atoms. The molecule has 3 atom stereocenters. The van der Waals surface area contributed by atoms with Crippen LogP contribution in [-0.4, -0.2) is 11.8 Å². The summed E-state index contributed by atoms with van der Waals surface area (Å²) in [6.07, 6.45) is 0. The predicted octanol–water partition coefficient (Wildman–Crippen LogP) is 1.77. The maximum Gasteiger partial charge on any atom is 0.250 e. The molecular formula is C13H5Cl2N3O2. The Kier molecular flexibility index (Phi) is 2.41. The van der Waals surface area contributed by atoms with Gasteiger partial charge in [0.15, 0.2) is 10.8 Å². The molecular weight excluding hydrogens is 301 g/mol. The Morgan fingerprint density at radius 2 is 1.65 bits per heavy atom. The lowest BCUT2D eigenvalue weighted by Gasteiger charge is -2.09. The van der Waals surface area contributed by atoms with Crippen molar-refractivity contribution in [3.8, 4) is 12.1 Å². The van der Waals surface area contributed by atoms with Crippen LogP contribution in [0.15, 0.2) is 18.2 Å². The maximum atomic E-state index is 11.9. The fourth-order valence-electron chi connectivity index (χ4n) is 3.00. The van der Waals surface area contributed by atoms with Crippen LogP contribution in [0.25, 0.3) is 0 Å². The van der Waals surface area contributed by atoms with E-state index >= 15 is 0 Å². The summed E-state index contributed by atoms with van der Waals surface area (Å²) < 4.78 is 0. The lowest BCUT2D eigenvalue weighted by molar-refractivity contribution is -0.128. The van der Waals surface area contributed by atoms with Gasteiger partial charge < -0.3 is 0 Å². The summed E-state index contributed by atoms with van der Waals surface area (Å²) in [5.41, 5.74) is -2.99. The molecule has 1 aromatic carbocycles. The molecule has 1 aliphatic heterocycles. The first-order valence-electron chi connectivity index (χ1n) is 5.59. The molecule has 2 amide bonds. The van der Waals surface area contributed by atoms with Gasteiger partial charge in [0.1, 0.15) is 0 Å². The second-order valence-electron chi connectivity index (χ2n) is 4.72. The molecule has 1 heterocycles. The lowest BCUT2D eigenvalue weighted by Crippen LogP contribution is -2.31. The van der Waals surface area contributed by atoms with E-state index in [1.54, 1.807) is 0 Å². The van der Waals surface area contributed by atoms with Crippen molar-refractivity contribution in [3.05, 3.63) is 33.8 Å². The molecule has 1 aliphatic carbocycles. The van der Waals surface area contributed by atoms with E-state index in [1.165, 1.54) is 18.2 Å². The Morgan fingerprint density at radius 1 is 1.10 bits per heavy atom. The standard InChI is InChI=1S/C13H5Cl2N3O2/c14-6-1-2-7(8(15)3-6)9-12(4-16)10(19)18-11(20)13(9,12)5-17/h1-3,9H,(H,18,19,20)/t9?,12-,13+. The van der Waals surface area contributed by atoms with Crippen molar-refractivity contribution < 1.29 is 9.59 Å². The molecule has 2 aliphatic rings. The minimum atomic E-state index is -1.70. The molecule has 3 rings (SSSR count). The lowest BCUT2D eigenvalue weighted by atomic mass is 9.98. The van der Waals surface area contributed by atoms with Crippen molar-refractivity contribution in [2.24, 2.45) is 10.8 Å². The molecule has 1 unspecified atom stereocenters. The summed E-state index contributed by atoms with van der Waals surface area (Å²) in [7, 11) is 0. The second kappa shape index (κ2) is 3.73. The highest BCUT2D eigenvalue weighted by molar-refractivity contribution is 6.35.